The van der Waals surface area contributed by atoms with Crippen LogP contribution >= 0.6 is 0 Å². The number of amides is 1. The van der Waals surface area contributed by atoms with Gasteiger partial charge < -0.3 is 24.2 Å². The second-order valence-electron chi connectivity index (χ2n) is 9.03. The second-order valence-corrected chi connectivity index (χ2v) is 11.1. The van der Waals surface area contributed by atoms with Crippen molar-refractivity contribution in [3.05, 3.63) is 83.4 Å². The summed E-state index contributed by atoms with van der Waals surface area (Å²) in [5.74, 6) is 0.0837. The molecule has 1 fully saturated rings. The number of benzene rings is 3. The Morgan fingerprint density at radius 3 is 2.14 bits per heavy atom. The fourth-order valence-electron chi connectivity index (χ4n) is 4.69. The van der Waals surface area contributed by atoms with Crippen LogP contribution in [-0.4, -0.2) is 57.1 Å². The highest BCUT2D eigenvalue weighted by atomic mass is 32.2. The summed E-state index contributed by atoms with van der Waals surface area (Å²) < 4.78 is 43.8. The Labute approximate surface area is 217 Å². The quantitative estimate of drug-likeness (QED) is 0.478. The zero-order chi connectivity index (χ0) is 26.7. The molecule has 0 bridgehead atoms. The molecule has 0 radical (unpaired) electrons. The lowest BCUT2D eigenvalue weighted by molar-refractivity contribution is -0.148. The zero-order valence-corrected chi connectivity index (χ0v) is 22.1. The van der Waals surface area contributed by atoms with E-state index in [-0.39, 0.29) is 17.9 Å². The van der Waals surface area contributed by atoms with Crippen molar-refractivity contribution in [2.45, 2.75) is 42.2 Å². The maximum absolute atomic E-state index is 14.0. The largest absolute Gasteiger partial charge is 0.497 e. The Bertz CT molecular complexity index is 1350. The first-order valence-corrected chi connectivity index (χ1v) is 13.4. The molecule has 8 nitrogen and oxygen atoms in total. The number of hydrogen-bond donors (Lipinski definition) is 1. The second kappa shape index (κ2) is 10.8. The van der Waals surface area contributed by atoms with Crippen LogP contribution in [0.15, 0.2) is 71.6 Å². The lowest BCUT2D eigenvalue weighted by Gasteiger charge is -2.41. The number of likely N-dealkylation sites (tertiary alicyclic amines) is 1. The first-order chi connectivity index (χ1) is 17.7. The molecule has 0 aliphatic carbocycles. The number of rotatable bonds is 8. The van der Waals surface area contributed by atoms with E-state index in [0.717, 1.165) is 11.1 Å². The van der Waals surface area contributed by atoms with E-state index in [2.05, 4.69) is 0 Å². The average molecular weight is 526 g/mol. The molecule has 37 heavy (non-hydrogen) atoms. The third kappa shape index (κ3) is 5.28. The van der Waals surface area contributed by atoms with E-state index >= 15 is 0 Å². The smallest absolute Gasteiger partial charge is 0.244 e. The van der Waals surface area contributed by atoms with Crippen molar-refractivity contribution in [2.24, 2.45) is 0 Å². The molecule has 0 saturated carbocycles. The molecule has 1 amide bonds. The number of carbonyl (C=O) groups is 1. The summed E-state index contributed by atoms with van der Waals surface area (Å²) in [5, 5.41) is 9.65. The van der Waals surface area contributed by atoms with Crippen molar-refractivity contribution in [3.63, 3.8) is 0 Å². The van der Waals surface area contributed by atoms with Crippen molar-refractivity contribution >= 4 is 15.7 Å². The van der Waals surface area contributed by atoms with E-state index in [0.29, 0.717) is 22.8 Å². The van der Waals surface area contributed by atoms with Gasteiger partial charge in [0.2, 0.25) is 5.91 Å². The van der Waals surface area contributed by atoms with Crippen molar-refractivity contribution in [2.75, 3.05) is 21.3 Å². The minimum absolute atomic E-state index is 0.0349. The first kappa shape index (κ1) is 26.5. The molecule has 1 N–H and O–H groups in total. The molecule has 9 heteroatoms. The molecule has 3 unspecified atom stereocenters. The van der Waals surface area contributed by atoms with Gasteiger partial charge in [0.25, 0.3) is 0 Å². The first-order valence-electron chi connectivity index (χ1n) is 11.8. The van der Waals surface area contributed by atoms with Gasteiger partial charge in [-0.1, -0.05) is 35.9 Å². The predicted molar refractivity (Wildman–Crippen MR) is 139 cm³/mol. The predicted octanol–water partition coefficient (Wildman–Crippen LogP) is 3.70. The number of aliphatic hydroxyl groups excluding tert-OH is 1. The van der Waals surface area contributed by atoms with E-state index in [1.807, 2.05) is 6.92 Å². The Morgan fingerprint density at radius 1 is 0.892 bits per heavy atom. The van der Waals surface area contributed by atoms with Gasteiger partial charge in [0.1, 0.15) is 12.0 Å². The van der Waals surface area contributed by atoms with Crippen LogP contribution < -0.4 is 14.2 Å². The van der Waals surface area contributed by atoms with Crippen LogP contribution in [0.2, 0.25) is 0 Å². The van der Waals surface area contributed by atoms with Gasteiger partial charge in [0.15, 0.2) is 26.6 Å². The van der Waals surface area contributed by atoms with Crippen LogP contribution in [0.5, 0.6) is 17.2 Å². The van der Waals surface area contributed by atoms with E-state index in [1.54, 1.807) is 61.7 Å². The number of piperidine rings is 1. The lowest BCUT2D eigenvalue weighted by Crippen LogP contribution is -2.55. The monoisotopic (exact) mass is 525 g/mol. The zero-order valence-electron chi connectivity index (χ0n) is 21.2. The highest BCUT2D eigenvalue weighted by Gasteiger charge is 2.49. The van der Waals surface area contributed by atoms with Crippen LogP contribution in [-0.2, 0) is 21.2 Å². The number of ether oxygens (including phenoxy) is 3. The van der Waals surface area contributed by atoms with Gasteiger partial charge in [0.05, 0.1) is 26.2 Å². The van der Waals surface area contributed by atoms with Crippen LogP contribution in [0.4, 0.5) is 0 Å². The average Bonchev–Trinajstić information content (AvgIpc) is 2.90. The number of nitrogens with zero attached hydrogens (tertiary/aromatic N) is 1. The van der Waals surface area contributed by atoms with E-state index < -0.39 is 33.1 Å². The summed E-state index contributed by atoms with van der Waals surface area (Å²) in [7, 11) is 0.436. The standard InChI is InChI=1S/C28H31NO7S/c1-18-5-12-22(13-6-18)37(32,33)27-23(20-9-14-24(35-3)25(15-20)36-4)16-26(30)29(28(27)31)17-19-7-10-21(34-2)11-8-19/h5-15,23,26-27,30H,16-17H2,1-4H3. The number of methoxy groups -OCH3 is 3. The Kier molecular flexibility index (Phi) is 7.75. The van der Waals surface area contributed by atoms with E-state index in [9.17, 15) is 18.3 Å². The third-order valence-corrected chi connectivity index (χ3v) is 8.88. The molecule has 196 valence electrons. The van der Waals surface area contributed by atoms with Crippen LogP contribution in [0.25, 0.3) is 0 Å². The maximum Gasteiger partial charge on any atom is 0.244 e. The van der Waals surface area contributed by atoms with Crippen molar-refractivity contribution in [1.29, 1.82) is 0 Å². The van der Waals surface area contributed by atoms with Crippen LogP contribution in [0.3, 0.4) is 0 Å². The summed E-state index contributed by atoms with van der Waals surface area (Å²) in [4.78, 5) is 15.2. The molecule has 1 heterocycles. The molecule has 4 rings (SSSR count). The molecule has 3 aromatic rings. The number of aryl methyl sites for hydroxylation is 1. The SMILES string of the molecule is COc1ccc(CN2C(=O)C(S(=O)(=O)c3ccc(C)cc3)C(c3ccc(OC)c(OC)c3)CC2O)cc1. The number of sulfone groups is 1. The number of aliphatic hydroxyl groups is 1. The summed E-state index contributed by atoms with van der Waals surface area (Å²) in [5.41, 5.74) is 2.21. The number of hydrogen-bond acceptors (Lipinski definition) is 7. The van der Waals surface area contributed by atoms with Gasteiger partial charge in [0, 0.05) is 18.9 Å². The van der Waals surface area contributed by atoms with Crippen molar-refractivity contribution in [1.82, 2.24) is 4.90 Å². The lowest BCUT2D eigenvalue weighted by atomic mass is 9.87. The number of carbonyl (C=O) groups excluding carboxylic acids is 1. The topological polar surface area (TPSA) is 102 Å². The summed E-state index contributed by atoms with van der Waals surface area (Å²) in [6, 6.07) is 18.6. The Hall–Kier alpha value is -3.56. The van der Waals surface area contributed by atoms with Crippen LogP contribution in [0.1, 0.15) is 29.0 Å². The van der Waals surface area contributed by atoms with Crippen molar-refractivity contribution in [3.8, 4) is 17.2 Å². The van der Waals surface area contributed by atoms with Crippen molar-refractivity contribution < 1.29 is 32.5 Å². The minimum atomic E-state index is -4.11. The van der Waals surface area contributed by atoms with Gasteiger partial charge in [-0.05, 0) is 54.4 Å². The summed E-state index contributed by atoms with van der Waals surface area (Å²) in [6.45, 7) is 1.92. The Balaban J connectivity index is 1.78. The molecule has 0 aromatic heterocycles. The van der Waals surface area contributed by atoms with Gasteiger partial charge in [-0.15, -0.1) is 0 Å². The highest BCUT2D eigenvalue weighted by molar-refractivity contribution is 7.92. The molecule has 1 saturated heterocycles. The van der Waals surface area contributed by atoms with Crippen LogP contribution in [0, 0.1) is 6.92 Å². The third-order valence-electron chi connectivity index (χ3n) is 6.75. The summed E-state index contributed by atoms with van der Waals surface area (Å²) >= 11 is 0. The normalized spacial score (nSPS) is 20.0. The highest BCUT2D eigenvalue weighted by Crippen LogP contribution is 2.41. The fourth-order valence-corrected chi connectivity index (χ4v) is 6.60. The maximum atomic E-state index is 14.0. The molecule has 1 aliphatic rings. The Morgan fingerprint density at radius 2 is 1.54 bits per heavy atom. The van der Waals surface area contributed by atoms with E-state index in [1.165, 1.54) is 31.3 Å². The van der Waals surface area contributed by atoms with E-state index in [4.69, 9.17) is 14.2 Å². The van der Waals surface area contributed by atoms with Gasteiger partial charge in [-0.25, -0.2) is 8.42 Å². The van der Waals surface area contributed by atoms with Gasteiger partial charge in [-0.3, -0.25) is 4.79 Å². The van der Waals surface area contributed by atoms with Gasteiger partial charge in [-0.2, -0.15) is 0 Å². The molecule has 3 atom stereocenters. The molecule has 3 aromatic carbocycles. The van der Waals surface area contributed by atoms with Gasteiger partial charge >= 0.3 is 0 Å². The minimum Gasteiger partial charge on any atom is -0.497 e. The summed E-state index contributed by atoms with van der Waals surface area (Å²) in [6.07, 6.45) is -1.15. The molecule has 1 aliphatic heterocycles. The fraction of sp³-hybridized carbons (Fsp3) is 0.321. The molecular weight excluding hydrogens is 494 g/mol. The molecule has 0 spiro atoms. The molecular formula is C28H31NO7S.